The summed E-state index contributed by atoms with van der Waals surface area (Å²) in [5.41, 5.74) is 3.83. The average molecular weight is 382 g/mol. The summed E-state index contributed by atoms with van der Waals surface area (Å²) in [6.07, 6.45) is 1.80. The van der Waals surface area contributed by atoms with Gasteiger partial charge in [-0.1, -0.05) is 24.3 Å². The lowest BCUT2D eigenvalue weighted by molar-refractivity contribution is -0.115. The van der Waals surface area contributed by atoms with Gasteiger partial charge in [0.25, 0.3) is 5.91 Å². The topological polar surface area (TPSA) is 59.9 Å². The minimum Gasteiger partial charge on any atom is -0.492 e. The van der Waals surface area contributed by atoms with Crippen molar-refractivity contribution < 1.29 is 14.3 Å². The number of amidine groups is 1. The molecule has 0 unspecified atom stereocenters. The van der Waals surface area contributed by atoms with E-state index in [9.17, 15) is 4.79 Å². The van der Waals surface area contributed by atoms with Crippen LogP contribution in [-0.4, -0.2) is 24.8 Å². The molecule has 140 valence electrons. The normalized spacial score (nSPS) is 16.7. The summed E-state index contributed by atoms with van der Waals surface area (Å²) in [6.45, 7) is 6.48. The molecule has 2 aromatic carbocycles. The van der Waals surface area contributed by atoms with E-state index in [1.54, 1.807) is 13.2 Å². The lowest BCUT2D eigenvalue weighted by Crippen LogP contribution is -2.19. The van der Waals surface area contributed by atoms with Gasteiger partial charge in [0.1, 0.15) is 0 Å². The van der Waals surface area contributed by atoms with Crippen LogP contribution < -0.4 is 14.8 Å². The predicted molar refractivity (Wildman–Crippen MR) is 111 cm³/mol. The van der Waals surface area contributed by atoms with Crippen LogP contribution in [0.25, 0.3) is 6.08 Å². The molecule has 2 aromatic rings. The molecule has 1 fully saturated rings. The van der Waals surface area contributed by atoms with Crippen molar-refractivity contribution in [1.29, 1.82) is 0 Å². The first kappa shape index (κ1) is 19.0. The summed E-state index contributed by atoms with van der Waals surface area (Å²) in [7, 11) is 1.59. The Morgan fingerprint density at radius 2 is 2.04 bits per heavy atom. The molecule has 1 N–H and O–H groups in total. The van der Waals surface area contributed by atoms with E-state index >= 15 is 0 Å². The highest BCUT2D eigenvalue weighted by Gasteiger charge is 2.25. The van der Waals surface area contributed by atoms with Gasteiger partial charge in [-0.2, -0.15) is 0 Å². The Hall–Kier alpha value is -2.73. The number of hydrogen-bond acceptors (Lipinski definition) is 5. The number of methoxy groups -OCH3 is 1. The third-order valence-corrected chi connectivity index (χ3v) is 4.95. The van der Waals surface area contributed by atoms with Crippen LogP contribution in [0.5, 0.6) is 11.5 Å². The first-order chi connectivity index (χ1) is 13.0. The smallest absolute Gasteiger partial charge is 0.264 e. The Bertz CT molecular complexity index is 935. The van der Waals surface area contributed by atoms with E-state index in [0.717, 1.165) is 22.4 Å². The Kier molecular flexibility index (Phi) is 5.86. The molecule has 0 radical (unpaired) electrons. The zero-order valence-corrected chi connectivity index (χ0v) is 16.6. The average Bonchev–Trinajstić information content (AvgIpc) is 2.98. The number of thioether (sulfide) groups is 1. The number of para-hydroxylation sites is 1. The Morgan fingerprint density at radius 3 is 2.78 bits per heavy atom. The Balaban J connectivity index is 1.91. The number of nitrogens with zero attached hydrogens (tertiary/aromatic N) is 1. The molecule has 1 saturated heterocycles. The lowest BCUT2D eigenvalue weighted by atomic mass is 10.1. The van der Waals surface area contributed by atoms with Crippen molar-refractivity contribution in [3.8, 4) is 11.5 Å². The van der Waals surface area contributed by atoms with Gasteiger partial charge in [0.15, 0.2) is 16.7 Å². The second-order valence-corrected chi connectivity index (χ2v) is 7.11. The quantitative estimate of drug-likeness (QED) is 0.768. The third-order valence-electron chi connectivity index (χ3n) is 4.04. The number of rotatable bonds is 5. The van der Waals surface area contributed by atoms with Crippen molar-refractivity contribution in [3.63, 3.8) is 0 Å². The molecular formula is C21H22N2O3S. The Morgan fingerprint density at radius 1 is 1.22 bits per heavy atom. The van der Waals surface area contributed by atoms with Gasteiger partial charge in [-0.15, -0.1) is 0 Å². The van der Waals surface area contributed by atoms with Crippen LogP contribution in [0, 0.1) is 13.8 Å². The van der Waals surface area contributed by atoms with Crippen LogP contribution in [0.3, 0.4) is 0 Å². The van der Waals surface area contributed by atoms with Gasteiger partial charge < -0.3 is 14.8 Å². The molecule has 0 aliphatic carbocycles. The molecule has 27 heavy (non-hydrogen) atoms. The highest BCUT2D eigenvalue weighted by Crippen LogP contribution is 2.35. The Labute approximate surface area is 163 Å². The van der Waals surface area contributed by atoms with Crippen LogP contribution in [0.1, 0.15) is 23.6 Å². The first-order valence-corrected chi connectivity index (χ1v) is 9.50. The number of nitrogens with one attached hydrogen (secondary N) is 1. The van der Waals surface area contributed by atoms with E-state index in [0.29, 0.717) is 28.2 Å². The van der Waals surface area contributed by atoms with Crippen molar-refractivity contribution in [2.24, 2.45) is 4.99 Å². The maximum absolute atomic E-state index is 12.4. The fraction of sp³-hybridized carbons (Fsp3) is 0.238. The lowest BCUT2D eigenvalue weighted by Gasteiger charge is -2.11. The molecule has 1 aliphatic rings. The van der Waals surface area contributed by atoms with E-state index in [2.05, 4.69) is 10.3 Å². The van der Waals surface area contributed by atoms with Gasteiger partial charge in [-0.25, -0.2) is 4.99 Å². The minimum absolute atomic E-state index is 0.173. The summed E-state index contributed by atoms with van der Waals surface area (Å²) in [6, 6.07) is 11.7. The van der Waals surface area contributed by atoms with E-state index in [4.69, 9.17) is 9.47 Å². The number of amides is 1. The van der Waals surface area contributed by atoms with Gasteiger partial charge in [0.2, 0.25) is 0 Å². The second-order valence-electron chi connectivity index (χ2n) is 6.08. The minimum atomic E-state index is -0.173. The van der Waals surface area contributed by atoms with Gasteiger partial charge in [-0.3, -0.25) is 4.79 Å². The van der Waals surface area contributed by atoms with E-state index in [-0.39, 0.29) is 5.91 Å². The molecule has 0 atom stereocenters. The summed E-state index contributed by atoms with van der Waals surface area (Å²) >= 11 is 1.32. The van der Waals surface area contributed by atoms with Gasteiger partial charge in [-0.05, 0) is 61.9 Å². The number of aryl methyl sites for hydroxylation is 2. The summed E-state index contributed by atoms with van der Waals surface area (Å²) < 4.78 is 11.1. The first-order valence-electron chi connectivity index (χ1n) is 8.68. The van der Waals surface area contributed by atoms with Crippen LogP contribution in [0.4, 0.5) is 5.69 Å². The molecular weight excluding hydrogens is 360 g/mol. The predicted octanol–water partition coefficient (Wildman–Crippen LogP) is 4.60. The SMILES string of the molecule is CCOc1cccc(/C=C2\SC(=Nc3cc(C)ccc3C)NC2=O)c1OC. The fourth-order valence-electron chi connectivity index (χ4n) is 2.71. The largest absolute Gasteiger partial charge is 0.492 e. The molecule has 3 rings (SSSR count). The highest BCUT2D eigenvalue weighted by molar-refractivity contribution is 8.18. The summed E-state index contributed by atoms with van der Waals surface area (Å²) in [5, 5.41) is 3.40. The molecule has 1 aliphatic heterocycles. The number of carbonyl (C=O) groups is 1. The van der Waals surface area contributed by atoms with Crippen molar-refractivity contribution in [1.82, 2.24) is 5.32 Å². The maximum Gasteiger partial charge on any atom is 0.264 e. The van der Waals surface area contributed by atoms with Crippen LogP contribution in [0.2, 0.25) is 0 Å². The van der Waals surface area contributed by atoms with Gasteiger partial charge in [0.05, 0.1) is 24.3 Å². The standard InChI is InChI=1S/C21H22N2O3S/c1-5-26-17-8-6-7-15(19(17)25-4)12-18-20(24)23-21(27-18)22-16-11-13(2)9-10-14(16)3/h6-12H,5H2,1-4H3,(H,22,23,24)/b18-12-. The van der Waals surface area contributed by atoms with Gasteiger partial charge >= 0.3 is 0 Å². The zero-order valence-electron chi connectivity index (χ0n) is 15.8. The monoisotopic (exact) mass is 382 g/mol. The molecule has 0 bridgehead atoms. The van der Waals surface area contributed by atoms with Crippen molar-refractivity contribution >= 4 is 34.6 Å². The fourth-order valence-corrected chi connectivity index (χ4v) is 3.53. The van der Waals surface area contributed by atoms with E-state index in [1.807, 2.05) is 57.2 Å². The maximum atomic E-state index is 12.4. The number of hydrogen-bond donors (Lipinski definition) is 1. The van der Waals surface area contributed by atoms with Crippen LogP contribution >= 0.6 is 11.8 Å². The van der Waals surface area contributed by atoms with Crippen LogP contribution in [-0.2, 0) is 4.79 Å². The number of carbonyl (C=O) groups excluding carboxylic acids is 1. The molecule has 0 aromatic heterocycles. The molecule has 6 heteroatoms. The number of benzene rings is 2. The van der Waals surface area contributed by atoms with Crippen LogP contribution in [0.15, 0.2) is 46.3 Å². The van der Waals surface area contributed by atoms with E-state index < -0.39 is 0 Å². The van der Waals surface area contributed by atoms with Gasteiger partial charge in [0, 0.05) is 5.56 Å². The number of aliphatic imine (C=N–C) groups is 1. The van der Waals surface area contributed by atoms with Crippen molar-refractivity contribution in [2.75, 3.05) is 13.7 Å². The zero-order chi connectivity index (χ0) is 19.4. The van der Waals surface area contributed by atoms with Crippen molar-refractivity contribution in [2.45, 2.75) is 20.8 Å². The van der Waals surface area contributed by atoms with Crippen molar-refractivity contribution in [3.05, 3.63) is 58.0 Å². The summed E-state index contributed by atoms with van der Waals surface area (Å²) in [5.74, 6) is 1.09. The molecule has 1 heterocycles. The molecule has 5 nitrogen and oxygen atoms in total. The molecule has 0 saturated carbocycles. The third kappa shape index (κ3) is 4.34. The number of ether oxygens (including phenoxy) is 2. The molecule has 0 spiro atoms. The molecule has 1 amide bonds. The van der Waals surface area contributed by atoms with E-state index in [1.165, 1.54) is 11.8 Å². The highest BCUT2D eigenvalue weighted by atomic mass is 32.2. The summed E-state index contributed by atoms with van der Waals surface area (Å²) in [4.78, 5) is 17.6. The second kappa shape index (κ2) is 8.31.